The van der Waals surface area contributed by atoms with Gasteiger partial charge < -0.3 is 14.6 Å². The molecule has 1 heterocycles. The van der Waals surface area contributed by atoms with E-state index in [1.165, 1.54) is 26.4 Å². The molecule has 0 aliphatic carbocycles. The summed E-state index contributed by atoms with van der Waals surface area (Å²) in [5, 5.41) is 2.91. The van der Waals surface area contributed by atoms with Crippen molar-refractivity contribution in [1.29, 1.82) is 0 Å². The molecule has 0 spiro atoms. The summed E-state index contributed by atoms with van der Waals surface area (Å²) in [6, 6.07) is 14.7. The highest BCUT2D eigenvalue weighted by molar-refractivity contribution is 7.89. The smallest absolute Gasteiger partial charge is 0.296 e. The van der Waals surface area contributed by atoms with Crippen molar-refractivity contribution in [2.24, 2.45) is 0 Å². The van der Waals surface area contributed by atoms with Gasteiger partial charge in [-0.25, -0.2) is 12.7 Å². The second-order valence-electron chi connectivity index (χ2n) is 6.91. The SMILES string of the molecule is CN(c1ccccc1)c1cc(NCc2ccco2)c(S(=O)(=O)O)cc1S(=O)(=O)N(C)C. The topological polar surface area (TPSA) is 120 Å². The summed E-state index contributed by atoms with van der Waals surface area (Å²) >= 11 is 0. The van der Waals surface area contributed by atoms with Crippen molar-refractivity contribution in [1.82, 2.24) is 4.31 Å². The summed E-state index contributed by atoms with van der Waals surface area (Å²) in [5.74, 6) is 0.532. The average Bonchev–Trinajstić information content (AvgIpc) is 3.24. The number of hydrogen-bond donors (Lipinski definition) is 2. The first kappa shape index (κ1) is 22.8. The highest BCUT2D eigenvalue weighted by Gasteiger charge is 2.29. The standard InChI is InChI=1S/C20H23N3O6S2/c1-22(2)30(24,25)20-13-19(31(26,27)28)17(21-14-16-10-7-11-29-16)12-18(20)23(3)15-8-5-4-6-9-15/h4-13,21H,14H2,1-3H3,(H,26,27,28). The number of anilines is 3. The minimum atomic E-state index is -4.73. The molecule has 9 nitrogen and oxygen atoms in total. The van der Waals surface area contributed by atoms with Gasteiger partial charge in [0.1, 0.15) is 15.6 Å². The largest absolute Gasteiger partial charge is 0.467 e. The van der Waals surface area contributed by atoms with Gasteiger partial charge in [-0.1, -0.05) is 18.2 Å². The van der Waals surface area contributed by atoms with Gasteiger partial charge in [-0.3, -0.25) is 4.55 Å². The van der Waals surface area contributed by atoms with Crippen LogP contribution in [0.25, 0.3) is 0 Å². The molecule has 0 aliphatic rings. The predicted octanol–water partition coefficient (Wildman–Crippen LogP) is 3.16. The first-order valence-electron chi connectivity index (χ1n) is 9.15. The Hall–Kier alpha value is -2.86. The normalized spacial score (nSPS) is 12.2. The molecule has 0 atom stereocenters. The van der Waals surface area contributed by atoms with Crippen LogP contribution in [0.2, 0.25) is 0 Å². The molecule has 0 fully saturated rings. The van der Waals surface area contributed by atoms with E-state index in [4.69, 9.17) is 4.42 Å². The number of furan rings is 1. The molecule has 0 amide bonds. The minimum Gasteiger partial charge on any atom is -0.467 e. The van der Waals surface area contributed by atoms with Gasteiger partial charge in [0, 0.05) is 26.8 Å². The molecule has 166 valence electrons. The van der Waals surface area contributed by atoms with Crippen molar-refractivity contribution in [3.63, 3.8) is 0 Å². The molecule has 3 rings (SSSR count). The van der Waals surface area contributed by atoms with Crippen LogP contribution < -0.4 is 10.2 Å². The Kier molecular flexibility index (Phi) is 6.41. The van der Waals surface area contributed by atoms with E-state index in [0.717, 1.165) is 10.4 Å². The van der Waals surface area contributed by atoms with Crippen LogP contribution in [0.4, 0.5) is 17.1 Å². The van der Waals surface area contributed by atoms with E-state index in [1.807, 2.05) is 6.07 Å². The maximum Gasteiger partial charge on any atom is 0.296 e. The Balaban J connectivity index is 2.23. The number of sulfonamides is 1. The Morgan fingerprint density at radius 3 is 2.16 bits per heavy atom. The zero-order valence-corrected chi connectivity index (χ0v) is 18.8. The number of nitrogens with one attached hydrogen (secondary N) is 1. The van der Waals surface area contributed by atoms with Crippen LogP contribution >= 0.6 is 0 Å². The van der Waals surface area contributed by atoms with Gasteiger partial charge in [0.2, 0.25) is 10.0 Å². The van der Waals surface area contributed by atoms with Crippen LogP contribution in [-0.4, -0.2) is 46.8 Å². The number of nitrogens with zero attached hydrogens (tertiary/aromatic N) is 2. The lowest BCUT2D eigenvalue weighted by molar-refractivity contribution is 0.482. The van der Waals surface area contributed by atoms with Crippen molar-refractivity contribution in [2.75, 3.05) is 31.4 Å². The number of hydrogen-bond acceptors (Lipinski definition) is 7. The molecule has 2 aromatic carbocycles. The Morgan fingerprint density at radius 2 is 1.61 bits per heavy atom. The molecule has 11 heteroatoms. The molecule has 0 unspecified atom stereocenters. The summed E-state index contributed by atoms with van der Waals surface area (Å²) in [7, 11) is -4.42. The van der Waals surface area contributed by atoms with Crippen LogP contribution in [0.15, 0.2) is 75.1 Å². The first-order valence-corrected chi connectivity index (χ1v) is 12.0. The van der Waals surface area contributed by atoms with Crippen molar-refractivity contribution >= 4 is 37.2 Å². The second-order valence-corrected chi connectivity index (χ2v) is 10.4. The van der Waals surface area contributed by atoms with Crippen LogP contribution in [-0.2, 0) is 26.7 Å². The minimum absolute atomic E-state index is 0.0365. The molecule has 0 aliphatic heterocycles. The van der Waals surface area contributed by atoms with Gasteiger partial charge in [-0.2, -0.15) is 8.42 Å². The number of benzene rings is 2. The molecule has 0 bridgehead atoms. The van der Waals surface area contributed by atoms with Gasteiger partial charge in [-0.15, -0.1) is 0 Å². The monoisotopic (exact) mass is 465 g/mol. The number of para-hydroxylation sites is 1. The second kappa shape index (κ2) is 8.71. The van der Waals surface area contributed by atoms with E-state index in [1.54, 1.807) is 48.3 Å². The predicted molar refractivity (Wildman–Crippen MR) is 118 cm³/mol. The van der Waals surface area contributed by atoms with E-state index >= 15 is 0 Å². The molecule has 0 saturated heterocycles. The third-order valence-corrected chi connectivity index (χ3v) is 7.37. The highest BCUT2D eigenvalue weighted by Crippen LogP contribution is 2.37. The van der Waals surface area contributed by atoms with Gasteiger partial charge in [-0.05, 0) is 36.4 Å². The zero-order chi connectivity index (χ0) is 22.8. The zero-order valence-electron chi connectivity index (χ0n) is 17.2. The van der Waals surface area contributed by atoms with Gasteiger partial charge in [0.15, 0.2) is 0 Å². The maximum atomic E-state index is 13.0. The summed E-state index contributed by atoms with van der Waals surface area (Å²) < 4.78 is 66.2. The molecule has 3 aromatic rings. The fraction of sp³-hybridized carbons (Fsp3) is 0.200. The third-order valence-electron chi connectivity index (χ3n) is 4.64. The molecular weight excluding hydrogens is 442 g/mol. The van der Waals surface area contributed by atoms with Gasteiger partial charge in [0.05, 0.1) is 24.2 Å². The number of rotatable bonds is 8. The lowest BCUT2D eigenvalue weighted by Crippen LogP contribution is -2.25. The van der Waals surface area contributed by atoms with Crippen molar-refractivity contribution in [3.05, 3.63) is 66.6 Å². The van der Waals surface area contributed by atoms with Crippen LogP contribution in [0.3, 0.4) is 0 Å². The lowest BCUT2D eigenvalue weighted by atomic mass is 10.2. The van der Waals surface area contributed by atoms with Crippen LogP contribution in [0.5, 0.6) is 0 Å². The van der Waals surface area contributed by atoms with Gasteiger partial charge >= 0.3 is 0 Å². The Labute approximate surface area is 181 Å². The van der Waals surface area contributed by atoms with Crippen molar-refractivity contribution in [3.8, 4) is 0 Å². The van der Waals surface area contributed by atoms with E-state index in [-0.39, 0.29) is 22.8 Å². The lowest BCUT2D eigenvalue weighted by Gasteiger charge is -2.25. The van der Waals surface area contributed by atoms with Gasteiger partial charge in [0.25, 0.3) is 10.1 Å². The van der Waals surface area contributed by atoms with Crippen LogP contribution in [0.1, 0.15) is 5.76 Å². The fourth-order valence-electron chi connectivity index (χ4n) is 2.95. The van der Waals surface area contributed by atoms with Crippen molar-refractivity contribution in [2.45, 2.75) is 16.3 Å². The maximum absolute atomic E-state index is 13.0. The van der Waals surface area contributed by atoms with E-state index in [9.17, 15) is 21.4 Å². The van der Waals surface area contributed by atoms with E-state index < -0.39 is 25.0 Å². The van der Waals surface area contributed by atoms with Crippen LogP contribution in [0, 0.1) is 0 Å². The molecular formula is C20H23N3O6S2. The summed E-state index contributed by atoms with van der Waals surface area (Å²) in [5.41, 5.74) is 0.956. The van der Waals surface area contributed by atoms with E-state index in [2.05, 4.69) is 5.32 Å². The van der Waals surface area contributed by atoms with Crippen molar-refractivity contribution < 1.29 is 25.8 Å². The molecule has 31 heavy (non-hydrogen) atoms. The quantitative estimate of drug-likeness (QED) is 0.487. The third kappa shape index (κ3) is 4.90. The summed E-state index contributed by atoms with van der Waals surface area (Å²) in [4.78, 5) is 0.812. The molecule has 2 N–H and O–H groups in total. The molecule has 0 radical (unpaired) electrons. The molecule has 1 aromatic heterocycles. The Bertz CT molecular complexity index is 1260. The average molecular weight is 466 g/mol. The first-order chi connectivity index (χ1) is 14.5. The fourth-order valence-corrected chi connectivity index (χ4v) is 4.82. The molecule has 0 saturated carbocycles. The summed E-state index contributed by atoms with van der Waals surface area (Å²) in [6.07, 6.45) is 1.47. The highest BCUT2D eigenvalue weighted by atomic mass is 32.2. The van der Waals surface area contributed by atoms with E-state index in [0.29, 0.717) is 11.4 Å². The summed E-state index contributed by atoms with van der Waals surface area (Å²) in [6.45, 7) is 0.129. The Morgan fingerprint density at radius 1 is 0.935 bits per heavy atom.